The molecule has 3 aromatic rings. The van der Waals surface area contributed by atoms with Gasteiger partial charge in [-0.25, -0.2) is 22.6 Å². The molecule has 0 saturated carbocycles. The molecule has 2 aromatic heterocycles. The Morgan fingerprint density at radius 3 is 2.83 bits per heavy atom. The topological polar surface area (TPSA) is 96.7 Å². The average Bonchev–Trinajstić information content (AvgIpc) is 3.17. The van der Waals surface area contributed by atoms with Crippen molar-refractivity contribution in [2.75, 3.05) is 19.6 Å². The second-order valence-electron chi connectivity index (χ2n) is 7.30. The first-order valence-corrected chi connectivity index (χ1v) is 11.3. The van der Waals surface area contributed by atoms with Crippen LogP contribution in [0.2, 0.25) is 0 Å². The number of aromatic nitrogens is 3. The van der Waals surface area contributed by atoms with Gasteiger partial charge in [0.2, 0.25) is 10.0 Å². The number of carbonyl (C=O) groups excluding carboxylic acids is 1. The van der Waals surface area contributed by atoms with Gasteiger partial charge in [-0.1, -0.05) is 30.3 Å². The summed E-state index contributed by atoms with van der Waals surface area (Å²) in [4.78, 5) is 18.8. The summed E-state index contributed by atoms with van der Waals surface area (Å²) < 4.78 is 29.0. The van der Waals surface area contributed by atoms with Gasteiger partial charge in [0.05, 0.1) is 5.75 Å². The van der Waals surface area contributed by atoms with E-state index in [4.69, 9.17) is 0 Å². The maximum atomic E-state index is 12.8. The van der Waals surface area contributed by atoms with E-state index in [1.807, 2.05) is 18.2 Å². The van der Waals surface area contributed by atoms with Crippen molar-refractivity contribution >= 4 is 21.6 Å². The minimum atomic E-state index is -3.42. The number of benzene rings is 1. The summed E-state index contributed by atoms with van der Waals surface area (Å²) >= 11 is 0. The Balaban J connectivity index is 1.36. The standard InChI is InChI=1S/C20H23N5O3S/c26-20(18-12-19-21-9-5-11-25(19)23-18)24-10-4-8-17(14-24)13-22-29(27,28)15-16-6-2-1-3-7-16/h1-3,5-7,9,11-12,17,22H,4,8,10,13-15H2. The lowest BCUT2D eigenvalue weighted by Gasteiger charge is -2.32. The van der Waals surface area contributed by atoms with Gasteiger partial charge >= 0.3 is 0 Å². The van der Waals surface area contributed by atoms with E-state index in [0.717, 1.165) is 18.4 Å². The Morgan fingerprint density at radius 2 is 2.03 bits per heavy atom. The molecule has 1 aliphatic rings. The highest BCUT2D eigenvalue weighted by atomic mass is 32.2. The second kappa shape index (κ2) is 8.30. The molecular weight excluding hydrogens is 390 g/mol. The number of nitrogens with zero attached hydrogens (tertiary/aromatic N) is 4. The van der Waals surface area contributed by atoms with E-state index in [1.54, 1.807) is 46.1 Å². The van der Waals surface area contributed by atoms with Crippen LogP contribution in [-0.4, -0.2) is 53.5 Å². The molecule has 0 aliphatic carbocycles. The zero-order valence-corrected chi connectivity index (χ0v) is 16.8. The van der Waals surface area contributed by atoms with E-state index in [0.29, 0.717) is 31.0 Å². The van der Waals surface area contributed by atoms with Crippen molar-refractivity contribution < 1.29 is 13.2 Å². The van der Waals surface area contributed by atoms with Crippen LogP contribution in [-0.2, 0) is 15.8 Å². The SMILES string of the molecule is O=C(c1cc2ncccn2n1)N1CCCC(CNS(=O)(=O)Cc2ccccc2)C1. The van der Waals surface area contributed by atoms with Crippen LogP contribution in [0.25, 0.3) is 5.65 Å². The predicted molar refractivity (Wildman–Crippen MR) is 109 cm³/mol. The van der Waals surface area contributed by atoms with Gasteiger partial charge < -0.3 is 4.90 Å². The van der Waals surface area contributed by atoms with Gasteiger partial charge in [-0.2, -0.15) is 5.10 Å². The number of amides is 1. The van der Waals surface area contributed by atoms with Crippen LogP contribution in [0.4, 0.5) is 0 Å². The van der Waals surface area contributed by atoms with Crippen LogP contribution in [0.15, 0.2) is 54.9 Å². The number of likely N-dealkylation sites (tertiary alicyclic amines) is 1. The molecule has 1 N–H and O–H groups in total. The number of hydrogen-bond donors (Lipinski definition) is 1. The highest BCUT2D eigenvalue weighted by Gasteiger charge is 2.27. The van der Waals surface area contributed by atoms with Crippen molar-refractivity contribution in [2.45, 2.75) is 18.6 Å². The fraction of sp³-hybridized carbons (Fsp3) is 0.350. The smallest absolute Gasteiger partial charge is 0.274 e. The largest absolute Gasteiger partial charge is 0.337 e. The maximum Gasteiger partial charge on any atom is 0.274 e. The third kappa shape index (κ3) is 4.80. The fourth-order valence-corrected chi connectivity index (χ4v) is 4.83. The van der Waals surface area contributed by atoms with Crippen molar-refractivity contribution in [1.82, 2.24) is 24.2 Å². The van der Waals surface area contributed by atoms with Gasteiger partial charge in [-0.05, 0) is 30.4 Å². The first-order valence-electron chi connectivity index (χ1n) is 9.61. The quantitative estimate of drug-likeness (QED) is 0.663. The van der Waals surface area contributed by atoms with Gasteiger partial charge in [0, 0.05) is 38.1 Å². The molecule has 9 heteroatoms. The Hall–Kier alpha value is -2.78. The molecule has 29 heavy (non-hydrogen) atoms. The van der Waals surface area contributed by atoms with Gasteiger partial charge in [0.1, 0.15) is 0 Å². The minimum Gasteiger partial charge on any atom is -0.337 e. The van der Waals surface area contributed by atoms with Crippen molar-refractivity contribution in [2.24, 2.45) is 5.92 Å². The number of hydrogen-bond acceptors (Lipinski definition) is 5. The maximum absolute atomic E-state index is 12.8. The summed E-state index contributed by atoms with van der Waals surface area (Å²) in [5, 5.41) is 4.30. The Labute approximate surface area is 169 Å². The lowest BCUT2D eigenvalue weighted by molar-refractivity contribution is 0.0670. The number of carbonyl (C=O) groups is 1. The zero-order chi connectivity index (χ0) is 20.3. The van der Waals surface area contributed by atoms with Crippen LogP contribution < -0.4 is 4.72 Å². The molecule has 1 aliphatic heterocycles. The summed E-state index contributed by atoms with van der Waals surface area (Å²) in [6.07, 6.45) is 5.12. The molecule has 8 nitrogen and oxygen atoms in total. The van der Waals surface area contributed by atoms with Crippen LogP contribution in [0.3, 0.4) is 0 Å². The molecular formula is C20H23N5O3S. The number of piperidine rings is 1. The molecule has 1 saturated heterocycles. The van der Waals surface area contributed by atoms with Crippen LogP contribution in [0, 0.1) is 5.92 Å². The first-order chi connectivity index (χ1) is 14.0. The highest BCUT2D eigenvalue weighted by Crippen LogP contribution is 2.19. The molecule has 0 bridgehead atoms. The van der Waals surface area contributed by atoms with E-state index in [9.17, 15) is 13.2 Å². The molecule has 0 radical (unpaired) electrons. The third-order valence-electron chi connectivity index (χ3n) is 5.05. The summed E-state index contributed by atoms with van der Waals surface area (Å²) in [7, 11) is -3.42. The number of nitrogens with one attached hydrogen (secondary N) is 1. The van der Waals surface area contributed by atoms with Crippen LogP contribution >= 0.6 is 0 Å². The Kier molecular flexibility index (Phi) is 5.59. The van der Waals surface area contributed by atoms with Crippen molar-refractivity contribution in [3.63, 3.8) is 0 Å². The summed E-state index contributed by atoms with van der Waals surface area (Å²) in [6, 6.07) is 12.5. The fourth-order valence-electron chi connectivity index (χ4n) is 3.60. The average molecular weight is 414 g/mol. The summed E-state index contributed by atoms with van der Waals surface area (Å²) in [6.45, 7) is 1.48. The lowest BCUT2D eigenvalue weighted by atomic mass is 9.98. The van der Waals surface area contributed by atoms with E-state index in [1.165, 1.54) is 0 Å². The van der Waals surface area contributed by atoms with E-state index >= 15 is 0 Å². The Morgan fingerprint density at radius 1 is 1.21 bits per heavy atom. The van der Waals surface area contributed by atoms with Gasteiger partial charge in [0.25, 0.3) is 5.91 Å². The predicted octanol–water partition coefficient (Wildman–Crippen LogP) is 1.70. The molecule has 1 unspecified atom stereocenters. The molecule has 3 heterocycles. The number of rotatable bonds is 6. The number of sulfonamides is 1. The second-order valence-corrected chi connectivity index (χ2v) is 9.11. The van der Waals surface area contributed by atoms with Crippen molar-refractivity contribution in [1.29, 1.82) is 0 Å². The molecule has 152 valence electrons. The monoisotopic (exact) mass is 413 g/mol. The molecule has 1 amide bonds. The lowest BCUT2D eigenvalue weighted by Crippen LogP contribution is -2.44. The Bertz CT molecular complexity index is 1060. The first kappa shape index (κ1) is 19.5. The van der Waals surface area contributed by atoms with Crippen molar-refractivity contribution in [3.8, 4) is 0 Å². The summed E-state index contributed by atoms with van der Waals surface area (Å²) in [5.74, 6) is -0.113. The normalized spacial score (nSPS) is 17.5. The van der Waals surface area contributed by atoms with Gasteiger partial charge in [-0.3, -0.25) is 4.79 Å². The van der Waals surface area contributed by atoms with Crippen LogP contribution in [0.5, 0.6) is 0 Å². The third-order valence-corrected chi connectivity index (χ3v) is 6.37. The van der Waals surface area contributed by atoms with Gasteiger partial charge in [0.15, 0.2) is 11.3 Å². The van der Waals surface area contributed by atoms with Crippen molar-refractivity contribution in [3.05, 3.63) is 66.1 Å². The minimum absolute atomic E-state index is 0.0442. The zero-order valence-electron chi connectivity index (χ0n) is 15.9. The molecule has 4 rings (SSSR count). The number of fused-ring (bicyclic) bond motifs is 1. The summed E-state index contributed by atoms with van der Waals surface area (Å²) in [5.41, 5.74) is 1.73. The molecule has 1 aromatic carbocycles. The van der Waals surface area contributed by atoms with E-state index < -0.39 is 10.0 Å². The van der Waals surface area contributed by atoms with E-state index in [-0.39, 0.29) is 17.6 Å². The molecule has 1 fully saturated rings. The van der Waals surface area contributed by atoms with Gasteiger partial charge in [-0.15, -0.1) is 0 Å². The molecule has 1 atom stereocenters. The highest BCUT2D eigenvalue weighted by molar-refractivity contribution is 7.88. The van der Waals surface area contributed by atoms with Crippen LogP contribution in [0.1, 0.15) is 28.9 Å². The van der Waals surface area contributed by atoms with E-state index in [2.05, 4.69) is 14.8 Å². The molecule has 0 spiro atoms.